The average molecular weight is 320 g/mol. The van der Waals surface area contributed by atoms with E-state index in [1.165, 1.54) is 6.92 Å². The Balaban J connectivity index is 1.98. The predicted octanol–water partition coefficient (Wildman–Crippen LogP) is 2.20. The van der Waals surface area contributed by atoms with Crippen LogP contribution in [0.5, 0.6) is 0 Å². The quantitative estimate of drug-likeness (QED) is 0.471. The average Bonchev–Trinajstić information content (AvgIpc) is 3.17. The van der Waals surface area contributed by atoms with Gasteiger partial charge < -0.3 is 14.8 Å². The molecule has 0 aliphatic carbocycles. The van der Waals surface area contributed by atoms with Gasteiger partial charge in [0.25, 0.3) is 0 Å². The second-order valence-electron chi connectivity index (χ2n) is 4.60. The van der Waals surface area contributed by atoms with E-state index >= 15 is 0 Å². The molecule has 1 fully saturated rings. The molecule has 2 rings (SSSR count). The van der Waals surface area contributed by atoms with Gasteiger partial charge in [-0.1, -0.05) is 11.6 Å². The van der Waals surface area contributed by atoms with Crippen LogP contribution < -0.4 is 5.32 Å². The highest BCUT2D eigenvalue weighted by atomic mass is 35.5. The SMILES string of the molecule is CC(=O)c1nc(Cl)nc(N[C@H](C)COCC2CO2)c1Cl. The molecule has 1 N–H and O–H groups in total. The van der Waals surface area contributed by atoms with Crippen molar-refractivity contribution in [3.8, 4) is 0 Å². The van der Waals surface area contributed by atoms with E-state index in [1.54, 1.807) is 0 Å². The summed E-state index contributed by atoms with van der Waals surface area (Å²) < 4.78 is 10.5. The van der Waals surface area contributed by atoms with Crippen molar-refractivity contribution < 1.29 is 14.3 Å². The van der Waals surface area contributed by atoms with Gasteiger partial charge in [0, 0.05) is 13.0 Å². The van der Waals surface area contributed by atoms with E-state index in [0.717, 1.165) is 6.61 Å². The Bertz CT molecular complexity index is 509. The maximum Gasteiger partial charge on any atom is 0.225 e. The molecule has 6 nitrogen and oxygen atoms in total. The first-order valence-electron chi connectivity index (χ1n) is 6.17. The summed E-state index contributed by atoms with van der Waals surface area (Å²) >= 11 is 11.9. The lowest BCUT2D eigenvalue weighted by Crippen LogP contribution is -2.24. The monoisotopic (exact) mass is 319 g/mol. The molecule has 1 aromatic rings. The highest BCUT2D eigenvalue weighted by Crippen LogP contribution is 2.25. The number of aromatic nitrogens is 2. The van der Waals surface area contributed by atoms with Gasteiger partial charge in [0.15, 0.2) is 11.6 Å². The summed E-state index contributed by atoms with van der Waals surface area (Å²) in [5, 5.41) is 3.19. The van der Waals surface area contributed by atoms with Crippen LogP contribution in [0, 0.1) is 0 Å². The van der Waals surface area contributed by atoms with E-state index in [4.69, 9.17) is 32.7 Å². The van der Waals surface area contributed by atoms with Gasteiger partial charge in [0.1, 0.15) is 16.8 Å². The van der Waals surface area contributed by atoms with Crippen molar-refractivity contribution in [2.45, 2.75) is 26.0 Å². The van der Waals surface area contributed by atoms with Crippen molar-refractivity contribution in [2.24, 2.45) is 0 Å². The number of carbonyl (C=O) groups excluding carboxylic acids is 1. The summed E-state index contributed by atoms with van der Waals surface area (Å²) in [6.45, 7) is 5.08. The minimum absolute atomic E-state index is 0.0263. The maximum atomic E-state index is 11.4. The van der Waals surface area contributed by atoms with Crippen LogP contribution in [0.1, 0.15) is 24.3 Å². The molecule has 8 heteroatoms. The van der Waals surface area contributed by atoms with Crippen LogP contribution >= 0.6 is 23.2 Å². The Morgan fingerprint density at radius 1 is 1.55 bits per heavy atom. The van der Waals surface area contributed by atoms with E-state index in [-0.39, 0.29) is 33.9 Å². The maximum absolute atomic E-state index is 11.4. The minimum Gasteiger partial charge on any atom is -0.377 e. The molecule has 0 bridgehead atoms. The molecule has 1 aromatic heterocycles. The Labute approximate surface area is 126 Å². The third-order valence-electron chi connectivity index (χ3n) is 2.61. The standard InChI is InChI=1S/C12H15Cl2N3O3/c1-6(3-19-4-8-5-20-8)15-11-9(13)10(7(2)18)16-12(14)17-11/h6,8H,3-5H2,1-2H3,(H,15,16,17)/t6-,8?/m1/s1. The number of carbonyl (C=O) groups is 1. The predicted molar refractivity (Wildman–Crippen MR) is 75.7 cm³/mol. The lowest BCUT2D eigenvalue weighted by molar-refractivity contribution is 0.101. The van der Waals surface area contributed by atoms with Crippen LogP contribution in [0.15, 0.2) is 0 Å². The largest absolute Gasteiger partial charge is 0.377 e. The third-order valence-corrected chi connectivity index (χ3v) is 3.14. The van der Waals surface area contributed by atoms with E-state index < -0.39 is 0 Å². The van der Waals surface area contributed by atoms with E-state index in [9.17, 15) is 4.79 Å². The Hall–Kier alpha value is -0.950. The van der Waals surface area contributed by atoms with Crippen molar-refractivity contribution in [3.63, 3.8) is 0 Å². The summed E-state index contributed by atoms with van der Waals surface area (Å²) in [6.07, 6.45) is 0.226. The van der Waals surface area contributed by atoms with Crippen LogP contribution in [0.3, 0.4) is 0 Å². The Morgan fingerprint density at radius 3 is 2.85 bits per heavy atom. The number of hydrogen-bond donors (Lipinski definition) is 1. The zero-order chi connectivity index (χ0) is 14.7. The Morgan fingerprint density at radius 2 is 2.25 bits per heavy atom. The minimum atomic E-state index is -0.267. The molecule has 2 atom stereocenters. The van der Waals surface area contributed by atoms with Crippen LogP contribution in [0.4, 0.5) is 5.82 Å². The lowest BCUT2D eigenvalue weighted by atomic mass is 10.3. The molecule has 0 spiro atoms. The molecule has 1 aliphatic rings. The second-order valence-corrected chi connectivity index (χ2v) is 5.31. The van der Waals surface area contributed by atoms with Crippen LogP contribution in [0.25, 0.3) is 0 Å². The smallest absolute Gasteiger partial charge is 0.225 e. The molecule has 1 aliphatic heterocycles. The number of hydrogen-bond acceptors (Lipinski definition) is 6. The lowest BCUT2D eigenvalue weighted by Gasteiger charge is -2.16. The first-order valence-corrected chi connectivity index (χ1v) is 6.92. The zero-order valence-electron chi connectivity index (χ0n) is 11.2. The van der Waals surface area contributed by atoms with Gasteiger partial charge >= 0.3 is 0 Å². The molecular weight excluding hydrogens is 305 g/mol. The second kappa shape index (κ2) is 6.67. The summed E-state index contributed by atoms with van der Waals surface area (Å²) in [5.74, 6) is 0.0628. The molecule has 20 heavy (non-hydrogen) atoms. The van der Waals surface area contributed by atoms with Gasteiger partial charge in [-0.25, -0.2) is 4.98 Å². The van der Waals surface area contributed by atoms with Gasteiger partial charge in [-0.2, -0.15) is 4.98 Å². The molecule has 110 valence electrons. The fourth-order valence-corrected chi connectivity index (χ4v) is 2.01. The number of ether oxygens (including phenoxy) is 2. The first-order chi connectivity index (χ1) is 9.47. The van der Waals surface area contributed by atoms with Crippen LogP contribution in [-0.4, -0.2) is 47.7 Å². The van der Waals surface area contributed by atoms with Crippen molar-refractivity contribution in [2.75, 3.05) is 25.1 Å². The summed E-state index contributed by atoms with van der Waals surface area (Å²) in [5.41, 5.74) is 0.105. The molecule has 1 unspecified atom stereocenters. The summed E-state index contributed by atoms with van der Waals surface area (Å²) in [7, 11) is 0. The van der Waals surface area contributed by atoms with E-state index in [1.807, 2.05) is 6.92 Å². The fraction of sp³-hybridized carbons (Fsp3) is 0.583. The fourth-order valence-electron chi connectivity index (χ4n) is 1.56. The van der Waals surface area contributed by atoms with Crippen LogP contribution in [0.2, 0.25) is 10.3 Å². The van der Waals surface area contributed by atoms with Gasteiger partial charge in [-0.3, -0.25) is 4.79 Å². The van der Waals surface area contributed by atoms with Gasteiger partial charge in [0.05, 0.1) is 19.8 Å². The number of anilines is 1. The number of nitrogens with one attached hydrogen (secondary N) is 1. The number of ketones is 1. The van der Waals surface area contributed by atoms with Gasteiger partial charge in [0.2, 0.25) is 5.28 Å². The normalized spacial score (nSPS) is 18.7. The van der Waals surface area contributed by atoms with Crippen molar-refractivity contribution in [1.82, 2.24) is 9.97 Å². The number of nitrogens with zero attached hydrogens (tertiary/aromatic N) is 2. The number of Topliss-reactive ketones (excluding diaryl/α,β-unsaturated/α-hetero) is 1. The molecular formula is C12H15Cl2N3O3. The highest BCUT2D eigenvalue weighted by molar-refractivity contribution is 6.36. The number of epoxide rings is 1. The number of halogens is 2. The van der Waals surface area contributed by atoms with Gasteiger partial charge in [-0.05, 0) is 18.5 Å². The zero-order valence-corrected chi connectivity index (χ0v) is 12.7. The molecule has 0 aromatic carbocycles. The molecule has 1 saturated heterocycles. The van der Waals surface area contributed by atoms with Gasteiger partial charge in [-0.15, -0.1) is 0 Å². The molecule has 0 radical (unpaired) electrons. The summed E-state index contributed by atoms with van der Waals surface area (Å²) in [4.78, 5) is 19.2. The highest BCUT2D eigenvalue weighted by Gasteiger charge is 2.23. The van der Waals surface area contributed by atoms with Crippen molar-refractivity contribution in [3.05, 3.63) is 16.0 Å². The number of rotatable bonds is 7. The molecule has 0 saturated carbocycles. The molecule has 0 amide bonds. The Kier molecular flexibility index (Phi) is 5.15. The van der Waals surface area contributed by atoms with E-state index in [0.29, 0.717) is 19.0 Å². The van der Waals surface area contributed by atoms with E-state index in [2.05, 4.69) is 15.3 Å². The third kappa shape index (κ3) is 4.28. The molecule has 2 heterocycles. The van der Waals surface area contributed by atoms with Crippen molar-refractivity contribution in [1.29, 1.82) is 0 Å². The van der Waals surface area contributed by atoms with Crippen molar-refractivity contribution >= 4 is 34.8 Å². The topological polar surface area (TPSA) is 76.6 Å². The van der Waals surface area contributed by atoms with Crippen LogP contribution in [-0.2, 0) is 9.47 Å². The summed E-state index contributed by atoms with van der Waals surface area (Å²) in [6, 6.07) is -0.0444. The first kappa shape index (κ1) is 15.4.